The third kappa shape index (κ3) is 3.42. The number of hydrogen-bond donors (Lipinski definition) is 2. The van der Waals surface area contributed by atoms with Gasteiger partial charge in [-0.3, -0.25) is 4.79 Å². The number of halogens is 2. The molecule has 1 aliphatic carbocycles. The highest BCUT2D eigenvalue weighted by Crippen LogP contribution is 2.38. The van der Waals surface area contributed by atoms with Crippen molar-refractivity contribution in [3.05, 3.63) is 29.6 Å². The maximum atomic E-state index is 13.9. The van der Waals surface area contributed by atoms with Crippen LogP contribution >= 0.6 is 24.2 Å². The Morgan fingerprint density at radius 3 is 2.77 bits per heavy atom. The van der Waals surface area contributed by atoms with Crippen molar-refractivity contribution in [1.82, 2.24) is 5.32 Å². The maximum absolute atomic E-state index is 13.9. The first-order valence-corrected chi connectivity index (χ1v) is 8.60. The van der Waals surface area contributed by atoms with E-state index < -0.39 is 5.54 Å². The molecule has 2 aliphatic rings. The van der Waals surface area contributed by atoms with Gasteiger partial charge in [0, 0.05) is 10.6 Å². The first-order chi connectivity index (χ1) is 10.1. The fourth-order valence-corrected chi connectivity index (χ4v) is 4.39. The van der Waals surface area contributed by atoms with E-state index in [1.165, 1.54) is 17.8 Å². The van der Waals surface area contributed by atoms with Gasteiger partial charge in [-0.2, -0.15) is 0 Å². The molecule has 0 bridgehead atoms. The highest BCUT2D eigenvalue weighted by molar-refractivity contribution is 7.99. The van der Waals surface area contributed by atoms with Gasteiger partial charge in [0.05, 0.1) is 11.6 Å². The summed E-state index contributed by atoms with van der Waals surface area (Å²) in [4.78, 5) is 13.2. The predicted molar refractivity (Wildman–Crippen MR) is 89.9 cm³/mol. The summed E-state index contributed by atoms with van der Waals surface area (Å²) in [5.74, 6) is 0.544. The Labute approximate surface area is 141 Å². The van der Waals surface area contributed by atoms with Crippen molar-refractivity contribution in [2.75, 3.05) is 5.75 Å². The van der Waals surface area contributed by atoms with Crippen LogP contribution in [0, 0.1) is 5.82 Å². The van der Waals surface area contributed by atoms with Gasteiger partial charge in [0.15, 0.2) is 0 Å². The van der Waals surface area contributed by atoms with Crippen LogP contribution in [-0.2, 0) is 4.79 Å². The lowest BCUT2D eigenvalue weighted by molar-refractivity contribution is -0.128. The molecule has 3 rings (SSSR count). The van der Waals surface area contributed by atoms with E-state index in [0.717, 1.165) is 49.8 Å². The summed E-state index contributed by atoms with van der Waals surface area (Å²) >= 11 is 1.52. The number of rotatable bonds is 2. The van der Waals surface area contributed by atoms with Gasteiger partial charge in [0.25, 0.3) is 0 Å². The average Bonchev–Trinajstić information content (AvgIpc) is 2.49. The molecule has 1 saturated carbocycles. The summed E-state index contributed by atoms with van der Waals surface area (Å²) in [6.07, 6.45) is 5.49. The van der Waals surface area contributed by atoms with Crippen molar-refractivity contribution in [2.45, 2.75) is 55.0 Å². The number of nitrogens with one attached hydrogen (secondary N) is 1. The number of carbonyl (C=O) groups excluding carboxylic acids is 1. The van der Waals surface area contributed by atoms with Crippen LogP contribution < -0.4 is 11.1 Å². The first-order valence-electron chi connectivity index (χ1n) is 7.61. The molecule has 3 nitrogen and oxygen atoms in total. The number of amides is 1. The highest BCUT2D eigenvalue weighted by Gasteiger charge is 2.37. The largest absolute Gasteiger partial charge is 0.348 e. The van der Waals surface area contributed by atoms with Gasteiger partial charge >= 0.3 is 0 Å². The average molecular weight is 345 g/mol. The SMILES string of the molecule is Cl.NC1(C(=O)NC2CCSc3c(F)cccc32)CCCCC1. The number of thioether (sulfide) groups is 1. The lowest BCUT2D eigenvalue weighted by Crippen LogP contribution is -2.55. The molecule has 0 spiro atoms. The molecule has 1 fully saturated rings. The minimum absolute atomic E-state index is 0. The van der Waals surface area contributed by atoms with E-state index in [9.17, 15) is 9.18 Å². The molecule has 0 radical (unpaired) electrons. The summed E-state index contributed by atoms with van der Waals surface area (Å²) in [6.45, 7) is 0. The Bertz CT molecular complexity index is 549. The van der Waals surface area contributed by atoms with Crippen molar-refractivity contribution < 1.29 is 9.18 Å². The molecule has 1 aromatic carbocycles. The third-order valence-corrected chi connectivity index (χ3v) is 5.69. The highest BCUT2D eigenvalue weighted by atomic mass is 35.5. The Balaban J connectivity index is 0.00000176. The molecule has 3 N–H and O–H groups in total. The minimum atomic E-state index is -0.740. The molecule has 1 amide bonds. The lowest BCUT2D eigenvalue weighted by Gasteiger charge is -2.35. The second-order valence-electron chi connectivity index (χ2n) is 6.04. The van der Waals surface area contributed by atoms with Gasteiger partial charge in [-0.15, -0.1) is 24.2 Å². The first kappa shape index (κ1) is 17.6. The molecule has 122 valence electrons. The Morgan fingerprint density at radius 2 is 2.05 bits per heavy atom. The lowest BCUT2D eigenvalue weighted by atomic mass is 9.81. The van der Waals surface area contributed by atoms with Gasteiger partial charge in [0.2, 0.25) is 5.91 Å². The zero-order chi connectivity index (χ0) is 14.9. The van der Waals surface area contributed by atoms with Crippen LogP contribution in [0.1, 0.15) is 50.1 Å². The number of carbonyl (C=O) groups is 1. The zero-order valence-electron chi connectivity index (χ0n) is 12.4. The second kappa shape index (κ2) is 7.20. The van der Waals surface area contributed by atoms with Crippen molar-refractivity contribution in [3.8, 4) is 0 Å². The molecule has 1 heterocycles. The fourth-order valence-electron chi connectivity index (χ4n) is 3.25. The van der Waals surface area contributed by atoms with Crippen molar-refractivity contribution in [3.63, 3.8) is 0 Å². The molecule has 1 aromatic rings. The summed E-state index contributed by atoms with van der Waals surface area (Å²) in [5, 5.41) is 3.07. The topological polar surface area (TPSA) is 55.1 Å². The molecule has 22 heavy (non-hydrogen) atoms. The Morgan fingerprint density at radius 1 is 1.32 bits per heavy atom. The fraction of sp³-hybridized carbons (Fsp3) is 0.562. The molecular weight excluding hydrogens is 323 g/mol. The number of fused-ring (bicyclic) bond motifs is 1. The zero-order valence-corrected chi connectivity index (χ0v) is 14.1. The molecule has 0 saturated heterocycles. The normalized spacial score (nSPS) is 23.1. The van der Waals surface area contributed by atoms with Crippen molar-refractivity contribution >= 4 is 30.1 Å². The maximum Gasteiger partial charge on any atom is 0.240 e. The van der Waals surface area contributed by atoms with Crippen LogP contribution in [0.3, 0.4) is 0 Å². The monoisotopic (exact) mass is 344 g/mol. The van der Waals surface area contributed by atoms with E-state index in [4.69, 9.17) is 5.73 Å². The van der Waals surface area contributed by atoms with Crippen LogP contribution in [0.2, 0.25) is 0 Å². The van der Waals surface area contributed by atoms with Crippen LogP contribution in [0.5, 0.6) is 0 Å². The third-order valence-electron chi connectivity index (χ3n) is 4.53. The van der Waals surface area contributed by atoms with Crippen LogP contribution in [0.4, 0.5) is 4.39 Å². The number of benzene rings is 1. The molecule has 1 atom stereocenters. The van der Waals surface area contributed by atoms with Gasteiger partial charge in [0.1, 0.15) is 5.82 Å². The van der Waals surface area contributed by atoms with Gasteiger partial charge in [-0.25, -0.2) is 4.39 Å². The smallest absolute Gasteiger partial charge is 0.240 e. The number of hydrogen-bond acceptors (Lipinski definition) is 3. The molecule has 1 unspecified atom stereocenters. The number of nitrogens with two attached hydrogens (primary N) is 1. The minimum Gasteiger partial charge on any atom is -0.348 e. The van der Waals surface area contributed by atoms with Gasteiger partial charge < -0.3 is 11.1 Å². The van der Waals surface area contributed by atoms with Crippen LogP contribution in [0.25, 0.3) is 0 Å². The van der Waals surface area contributed by atoms with E-state index in [2.05, 4.69) is 5.32 Å². The Kier molecular flexibility index (Phi) is 5.75. The summed E-state index contributed by atoms with van der Waals surface area (Å²) in [6, 6.07) is 4.96. The second-order valence-corrected chi connectivity index (χ2v) is 7.14. The van der Waals surface area contributed by atoms with Crippen LogP contribution in [-0.4, -0.2) is 17.2 Å². The van der Waals surface area contributed by atoms with Gasteiger partial charge in [-0.1, -0.05) is 31.4 Å². The van der Waals surface area contributed by atoms with E-state index in [1.807, 2.05) is 6.07 Å². The summed E-state index contributed by atoms with van der Waals surface area (Å²) < 4.78 is 13.9. The predicted octanol–water partition coefficient (Wildman–Crippen LogP) is 3.56. The van der Waals surface area contributed by atoms with Crippen molar-refractivity contribution in [2.24, 2.45) is 5.73 Å². The summed E-state index contributed by atoms with van der Waals surface area (Å²) in [5.41, 5.74) is 6.43. The van der Waals surface area contributed by atoms with Gasteiger partial charge in [-0.05, 0) is 30.9 Å². The molecule has 0 aromatic heterocycles. The molecule has 1 aliphatic heterocycles. The van der Waals surface area contributed by atoms with E-state index in [1.54, 1.807) is 6.07 Å². The van der Waals surface area contributed by atoms with E-state index >= 15 is 0 Å². The molecular formula is C16H22ClFN2OS. The van der Waals surface area contributed by atoms with Crippen LogP contribution in [0.15, 0.2) is 23.1 Å². The quantitative estimate of drug-likeness (QED) is 0.862. The summed E-state index contributed by atoms with van der Waals surface area (Å²) in [7, 11) is 0. The van der Waals surface area contributed by atoms with E-state index in [0.29, 0.717) is 4.90 Å². The Hall–Kier alpha value is -0.780. The van der Waals surface area contributed by atoms with E-state index in [-0.39, 0.29) is 30.2 Å². The van der Waals surface area contributed by atoms with Crippen molar-refractivity contribution in [1.29, 1.82) is 0 Å². The molecule has 6 heteroatoms. The standard InChI is InChI=1S/C16H21FN2OS.ClH/c17-12-6-4-5-11-13(7-10-21-14(11)12)19-15(20)16(18)8-2-1-3-9-16;/h4-6,13H,1-3,7-10,18H2,(H,19,20);1H.